The van der Waals surface area contributed by atoms with Crippen LogP contribution in [0.5, 0.6) is 0 Å². The summed E-state index contributed by atoms with van der Waals surface area (Å²) >= 11 is 0. The number of hydrogen-bond donors (Lipinski definition) is 1. The zero-order valence-corrected chi connectivity index (χ0v) is 12.7. The van der Waals surface area contributed by atoms with Gasteiger partial charge in [0.25, 0.3) is 0 Å². The normalized spacial score (nSPS) is 15.5. The molecule has 0 aliphatic heterocycles. The molecule has 0 amide bonds. The van der Waals surface area contributed by atoms with Gasteiger partial charge >= 0.3 is 0 Å². The largest absolute Gasteiger partial charge is 0.383 e. The minimum atomic E-state index is 0.202. The Hall–Kier alpha value is -1.03. The number of hydrogen-bond acceptors (Lipinski definition) is 3. The molecule has 4 heteroatoms. The highest BCUT2D eigenvalue weighted by Crippen LogP contribution is 2.32. The van der Waals surface area contributed by atoms with Crippen molar-refractivity contribution in [3.8, 4) is 0 Å². The second kappa shape index (κ2) is 5.74. The minimum absolute atomic E-state index is 0.202. The Morgan fingerprint density at radius 3 is 2.50 bits per heavy atom. The van der Waals surface area contributed by atoms with E-state index < -0.39 is 0 Å². The zero-order chi connectivity index (χ0) is 13.9. The van der Waals surface area contributed by atoms with Crippen LogP contribution in [-0.2, 0) is 4.74 Å². The fraction of sp³-hybridized carbons (Fsp3) is 0.786. The van der Waals surface area contributed by atoms with Crippen molar-refractivity contribution in [2.75, 3.05) is 19.0 Å². The molecule has 2 unspecified atom stereocenters. The first-order valence-electron chi connectivity index (χ1n) is 6.56. The molecule has 1 rings (SSSR count). The maximum Gasteiger partial charge on any atom is 0.203 e. The molecule has 0 aliphatic carbocycles. The van der Waals surface area contributed by atoms with Gasteiger partial charge in [-0.05, 0) is 26.2 Å². The van der Waals surface area contributed by atoms with E-state index in [2.05, 4.69) is 55.7 Å². The van der Waals surface area contributed by atoms with Crippen molar-refractivity contribution in [3.63, 3.8) is 0 Å². The van der Waals surface area contributed by atoms with Gasteiger partial charge in [-0.15, -0.1) is 0 Å². The van der Waals surface area contributed by atoms with Crippen LogP contribution >= 0.6 is 0 Å². The number of aromatic nitrogens is 2. The highest BCUT2D eigenvalue weighted by molar-refractivity contribution is 5.31. The highest BCUT2D eigenvalue weighted by Gasteiger charge is 2.24. The molecule has 18 heavy (non-hydrogen) atoms. The summed E-state index contributed by atoms with van der Waals surface area (Å²) in [6.07, 6.45) is 2.11. The summed E-state index contributed by atoms with van der Waals surface area (Å²) in [5.74, 6) is 0.930. The summed E-state index contributed by atoms with van der Waals surface area (Å²) < 4.78 is 7.37. The summed E-state index contributed by atoms with van der Waals surface area (Å²) in [5.41, 5.74) is 1.24. The summed E-state index contributed by atoms with van der Waals surface area (Å²) in [5, 5.41) is 3.41. The van der Waals surface area contributed by atoms with E-state index in [4.69, 9.17) is 4.74 Å². The highest BCUT2D eigenvalue weighted by atomic mass is 16.5. The van der Waals surface area contributed by atoms with Crippen molar-refractivity contribution in [3.05, 3.63) is 11.9 Å². The van der Waals surface area contributed by atoms with E-state index >= 15 is 0 Å². The van der Waals surface area contributed by atoms with Crippen molar-refractivity contribution in [1.82, 2.24) is 9.55 Å². The van der Waals surface area contributed by atoms with E-state index in [0.29, 0.717) is 12.6 Å². The van der Waals surface area contributed by atoms with Gasteiger partial charge in [-0.2, -0.15) is 0 Å². The average molecular weight is 253 g/mol. The predicted molar refractivity (Wildman–Crippen MR) is 76.1 cm³/mol. The molecule has 1 N–H and O–H groups in total. The van der Waals surface area contributed by atoms with Gasteiger partial charge in [0.15, 0.2) is 0 Å². The van der Waals surface area contributed by atoms with E-state index in [1.54, 1.807) is 7.11 Å². The molecule has 2 atom stereocenters. The molecule has 1 aromatic rings. The molecule has 0 spiro atoms. The van der Waals surface area contributed by atoms with Crippen LogP contribution in [0.3, 0.4) is 0 Å². The van der Waals surface area contributed by atoms with Crippen molar-refractivity contribution >= 4 is 5.95 Å². The molecule has 1 heterocycles. The smallest absolute Gasteiger partial charge is 0.203 e. The molecule has 104 valence electrons. The quantitative estimate of drug-likeness (QED) is 0.875. The first-order chi connectivity index (χ1) is 8.25. The molecule has 0 bridgehead atoms. The number of anilines is 1. The van der Waals surface area contributed by atoms with Crippen LogP contribution in [0.15, 0.2) is 6.20 Å². The average Bonchev–Trinajstić information content (AvgIpc) is 2.57. The molecule has 0 saturated heterocycles. The van der Waals surface area contributed by atoms with Crippen LogP contribution in [0.1, 0.15) is 46.4 Å². The number of rotatable bonds is 5. The SMILES string of the molecule is COCC(C)Nc1nc(C)cn1C(C)C(C)(C)C. The van der Waals surface area contributed by atoms with Crippen molar-refractivity contribution in [2.45, 2.75) is 53.6 Å². The fourth-order valence-electron chi connectivity index (χ4n) is 1.85. The van der Waals surface area contributed by atoms with Crippen LogP contribution in [0.25, 0.3) is 0 Å². The van der Waals surface area contributed by atoms with Gasteiger partial charge in [0, 0.05) is 25.4 Å². The third-order valence-electron chi connectivity index (χ3n) is 3.32. The molecule has 0 aliphatic rings. The van der Waals surface area contributed by atoms with Gasteiger partial charge in [-0.3, -0.25) is 0 Å². The van der Waals surface area contributed by atoms with Crippen molar-refractivity contribution in [1.29, 1.82) is 0 Å². The summed E-state index contributed by atoms with van der Waals surface area (Å²) in [4.78, 5) is 4.56. The number of imidazole rings is 1. The van der Waals surface area contributed by atoms with Gasteiger partial charge < -0.3 is 14.6 Å². The molecule has 0 aromatic carbocycles. The lowest BCUT2D eigenvalue weighted by atomic mass is 9.88. The number of aryl methyl sites for hydroxylation is 1. The summed E-state index contributed by atoms with van der Waals surface area (Å²) in [6, 6.07) is 0.638. The third kappa shape index (κ3) is 3.73. The fourth-order valence-corrected chi connectivity index (χ4v) is 1.85. The lowest BCUT2D eigenvalue weighted by Gasteiger charge is -2.30. The summed E-state index contributed by atoms with van der Waals surface area (Å²) in [7, 11) is 1.72. The van der Waals surface area contributed by atoms with Gasteiger partial charge in [0.05, 0.1) is 12.3 Å². The molecule has 1 aromatic heterocycles. The molecular weight excluding hydrogens is 226 g/mol. The maximum absolute atomic E-state index is 5.15. The first-order valence-corrected chi connectivity index (χ1v) is 6.56. The Balaban J connectivity index is 2.92. The van der Waals surface area contributed by atoms with Crippen LogP contribution in [0.2, 0.25) is 0 Å². The lowest BCUT2D eigenvalue weighted by molar-refractivity contribution is 0.189. The number of nitrogens with zero attached hydrogens (tertiary/aromatic N) is 2. The molecular formula is C14H27N3O. The monoisotopic (exact) mass is 253 g/mol. The first kappa shape index (κ1) is 15.0. The van der Waals surface area contributed by atoms with Gasteiger partial charge in [0.1, 0.15) is 0 Å². The standard InChI is InChI=1S/C14H27N3O/c1-10-8-17(12(3)14(4,5)6)13(15-10)16-11(2)9-18-7/h8,11-12H,9H2,1-7H3,(H,15,16). The molecule has 0 radical (unpaired) electrons. The van der Waals surface area contributed by atoms with E-state index in [-0.39, 0.29) is 11.5 Å². The van der Waals surface area contributed by atoms with E-state index in [0.717, 1.165) is 11.6 Å². The Kier molecular flexibility index (Phi) is 4.79. The molecule has 4 nitrogen and oxygen atoms in total. The van der Waals surface area contributed by atoms with Gasteiger partial charge in [-0.1, -0.05) is 20.8 Å². The van der Waals surface area contributed by atoms with E-state index in [9.17, 15) is 0 Å². The van der Waals surface area contributed by atoms with E-state index in [1.165, 1.54) is 0 Å². The second-order valence-corrected chi connectivity index (χ2v) is 6.16. The number of methoxy groups -OCH3 is 1. The van der Waals surface area contributed by atoms with Crippen LogP contribution in [0, 0.1) is 12.3 Å². The lowest BCUT2D eigenvalue weighted by Crippen LogP contribution is -2.27. The van der Waals surface area contributed by atoms with Crippen molar-refractivity contribution in [2.24, 2.45) is 5.41 Å². The predicted octanol–water partition coefficient (Wildman–Crippen LogP) is 3.25. The van der Waals surface area contributed by atoms with E-state index in [1.807, 2.05) is 6.92 Å². The Labute approximate surface area is 111 Å². The summed E-state index contributed by atoms with van der Waals surface area (Å²) in [6.45, 7) is 13.8. The van der Waals surface area contributed by atoms with Gasteiger partial charge in [-0.25, -0.2) is 4.98 Å². The number of ether oxygens (including phenoxy) is 1. The van der Waals surface area contributed by atoms with Crippen LogP contribution in [0.4, 0.5) is 5.95 Å². The third-order valence-corrected chi connectivity index (χ3v) is 3.32. The Morgan fingerprint density at radius 1 is 1.39 bits per heavy atom. The Bertz CT molecular complexity index is 379. The molecule has 0 saturated carbocycles. The van der Waals surface area contributed by atoms with Crippen LogP contribution < -0.4 is 5.32 Å². The topological polar surface area (TPSA) is 39.1 Å². The Morgan fingerprint density at radius 2 is 2.00 bits per heavy atom. The van der Waals surface area contributed by atoms with Crippen molar-refractivity contribution < 1.29 is 4.74 Å². The molecule has 0 fully saturated rings. The zero-order valence-electron chi connectivity index (χ0n) is 12.7. The van der Waals surface area contributed by atoms with Crippen LogP contribution in [-0.4, -0.2) is 29.3 Å². The van der Waals surface area contributed by atoms with Gasteiger partial charge in [0.2, 0.25) is 5.95 Å². The number of nitrogens with one attached hydrogen (secondary N) is 1. The maximum atomic E-state index is 5.15. The second-order valence-electron chi connectivity index (χ2n) is 6.16. The minimum Gasteiger partial charge on any atom is -0.383 e.